The average Bonchev–Trinajstić information content (AvgIpc) is 3.19. The first-order valence-corrected chi connectivity index (χ1v) is 9.97. The molecule has 0 saturated heterocycles. The van der Waals surface area contributed by atoms with Crippen molar-refractivity contribution in [2.45, 2.75) is 26.9 Å². The Bertz CT molecular complexity index is 1210. The quantitative estimate of drug-likeness (QED) is 0.496. The molecule has 3 heterocycles. The Morgan fingerprint density at radius 3 is 2.58 bits per heavy atom. The Morgan fingerprint density at radius 2 is 1.88 bits per heavy atom. The highest BCUT2D eigenvalue weighted by Crippen LogP contribution is 2.18. The molecule has 0 atom stereocenters. The summed E-state index contributed by atoms with van der Waals surface area (Å²) < 4.78 is 6.15. The van der Waals surface area contributed by atoms with Crippen molar-refractivity contribution < 1.29 is 0 Å². The molecular formula is C18H17BrN4O2S. The normalized spacial score (nSPS) is 11.8. The van der Waals surface area contributed by atoms with E-state index in [9.17, 15) is 9.59 Å². The second-order valence-corrected chi connectivity index (χ2v) is 8.48. The van der Waals surface area contributed by atoms with E-state index in [2.05, 4.69) is 21.0 Å². The van der Waals surface area contributed by atoms with Gasteiger partial charge in [-0.15, -0.1) is 16.4 Å². The predicted octanol–water partition coefficient (Wildman–Crippen LogP) is 3.34. The van der Waals surface area contributed by atoms with Crippen molar-refractivity contribution in [2.75, 3.05) is 0 Å². The lowest BCUT2D eigenvalue weighted by molar-refractivity contribution is 0.516. The topological polar surface area (TPSA) is 61.3 Å². The fourth-order valence-corrected chi connectivity index (χ4v) is 4.12. The number of hydrogen-bond acceptors (Lipinski definition) is 4. The summed E-state index contributed by atoms with van der Waals surface area (Å²) in [5.74, 6) is 0.664. The third-order valence-corrected chi connectivity index (χ3v) is 5.60. The molecule has 6 nitrogen and oxygen atoms in total. The molecule has 0 saturated carbocycles. The van der Waals surface area contributed by atoms with Gasteiger partial charge in [-0.05, 0) is 35.1 Å². The number of aromatic nitrogens is 4. The van der Waals surface area contributed by atoms with Gasteiger partial charge in [0.25, 0.3) is 5.56 Å². The molecule has 4 aromatic rings. The maximum Gasteiger partial charge on any atom is 0.352 e. The highest BCUT2D eigenvalue weighted by atomic mass is 79.9. The summed E-state index contributed by atoms with van der Waals surface area (Å²) in [6, 6.07) is 9.56. The molecule has 134 valence electrons. The van der Waals surface area contributed by atoms with Crippen LogP contribution in [-0.2, 0) is 13.1 Å². The lowest BCUT2D eigenvalue weighted by atomic mass is 10.2. The Kier molecular flexibility index (Phi) is 4.32. The third kappa shape index (κ3) is 2.83. The van der Waals surface area contributed by atoms with Gasteiger partial charge in [-0.25, -0.2) is 13.9 Å². The standard InChI is InChI=1S/C18H17BrN4O2S/c1-11(2)9-21-16(24)15-14(7-8-26-15)23-17(21)20-22(18(23)25)10-12-3-5-13(19)6-4-12/h3-8,11H,9-10H2,1-2H3. The average molecular weight is 433 g/mol. The molecule has 0 amide bonds. The lowest BCUT2D eigenvalue weighted by Gasteiger charge is -2.09. The Balaban J connectivity index is 1.96. The van der Waals surface area contributed by atoms with Gasteiger partial charge in [-0.2, -0.15) is 0 Å². The molecule has 26 heavy (non-hydrogen) atoms. The summed E-state index contributed by atoms with van der Waals surface area (Å²) in [4.78, 5) is 25.9. The van der Waals surface area contributed by atoms with Crippen molar-refractivity contribution in [3.05, 3.63) is 66.6 Å². The van der Waals surface area contributed by atoms with Crippen molar-refractivity contribution >= 4 is 43.3 Å². The zero-order chi connectivity index (χ0) is 18.4. The van der Waals surface area contributed by atoms with Crippen LogP contribution in [0.5, 0.6) is 0 Å². The molecule has 0 fully saturated rings. The van der Waals surface area contributed by atoms with Crippen LogP contribution in [0.2, 0.25) is 0 Å². The van der Waals surface area contributed by atoms with Crippen LogP contribution in [0.25, 0.3) is 16.0 Å². The van der Waals surface area contributed by atoms with Gasteiger partial charge in [0, 0.05) is 11.0 Å². The minimum atomic E-state index is -0.233. The van der Waals surface area contributed by atoms with Crippen LogP contribution in [0.1, 0.15) is 19.4 Å². The summed E-state index contributed by atoms with van der Waals surface area (Å²) in [5.41, 5.74) is 1.28. The van der Waals surface area contributed by atoms with E-state index >= 15 is 0 Å². The minimum Gasteiger partial charge on any atom is -0.275 e. The van der Waals surface area contributed by atoms with Gasteiger partial charge in [0.2, 0.25) is 5.78 Å². The van der Waals surface area contributed by atoms with Gasteiger partial charge in [-0.3, -0.25) is 9.36 Å². The fraction of sp³-hybridized carbons (Fsp3) is 0.278. The van der Waals surface area contributed by atoms with Crippen molar-refractivity contribution in [1.82, 2.24) is 18.7 Å². The van der Waals surface area contributed by atoms with Crippen LogP contribution in [-0.4, -0.2) is 18.7 Å². The maximum atomic E-state index is 13.0. The van der Waals surface area contributed by atoms with Gasteiger partial charge >= 0.3 is 5.69 Å². The zero-order valence-corrected chi connectivity index (χ0v) is 16.7. The molecule has 0 bridgehead atoms. The second-order valence-electron chi connectivity index (χ2n) is 6.65. The fourth-order valence-electron chi connectivity index (χ4n) is 3.03. The number of fused-ring (bicyclic) bond motifs is 3. The number of rotatable bonds is 4. The Morgan fingerprint density at radius 1 is 1.15 bits per heavy atom. The van der Waals surface area contributed by atoms with Crippen LogP contribution < -0.4 is 11.2 Å². The molecule has 8 heteroatoms. The Labute approximate surface area is 161 Å². The summed E-state index contributed by atoms with van der Waals surface area (Å²) in [7, 11) is 0. The van der Waals surface area contributed by atoms with Gasteiger partial charge in [0.15, 0.2) is 0 Å². The van der Waals surface area contributed by atoms with Crippen molar-refractivity contribution in [2.24, 2.45) is 5.92 Å². The first kappa shape index (κ1) is 17.2. The van der Waals surface area contributed by atoms with E-state index in [0.717, 1.165) is 10.0 Å². The Hall–Kier alpha value is -2.19. The molecule has 0 spiro atoms. The largest absolute Gasteiger partial charge is 0.352 e. The highest BCUT2D eigenvalue weighted by Gasteiger charge is 2.18. The zero-order valence-electron chi connectivity index (χ0n) is 14.3. The molecule has 1 aromatic carbocycles. The van der Waals surface area contributed by atoms with Crippen LogP contribution in [0, 0.1) is 5.92 Å². The number of halogens is 1. The lowest BCUT2D eigenvalue weighted by Crippen LogP contribution is -2.27. The molecule has 0 aliphatic heterocycles. The van der Waals surface area contributed by atoms with Gasteiger partial charge in [-0.1, -0.05) is 41.9 Å². The number of nitrogens with zero attached hydrogens (tertiary/aromatic N) is 4. The summed E-state index contributed by atoms with van der Waals surface area (Å²) in [6.45, 7) is 4.96. The molecule has 0 radical (unpaired) electrons. The minimum absolute atomic E-state index is 0.0861. The molecule has 0 N–H and O–H groups in total. The van der Waals surface area contributed by atoms with E-state index in [1.807, 2.05) is 43.5 Å². The molecule has 0 aliphatic carbocycles. The van der Waals surface area contributed by atoms with E-state index in [1.54, 1.807) is 15.0 Å². The molecule has 3 aromatic heterocycles. The van der Waals surface area contributed by atoms with Crippen LogP contribution in [0.3, 0.4) is 0 Å². The SMILES string of the molecule is CC(C)Cn1c(=O)c2sccc2n2c(=O)n(Cc3ccc(Br)cc3)nc12. The van der Waals surface area contributed by atoms with E-state index in [4.69, 9.17) is 0 Å². The third-order valence-electron chi connectivity index (χ3n) is 4.18. The summed E-state index contributed by atoms with van der Waals surface area (Å²) in [6.07, 6.45) is 0. The molecule has 0 aliphatic rings. The van der Waals surface area contributed by atoms with Crippen LogP contribution in [0.15, 0.2) is 49.8 Å². The highest BCUT2D eigenvalue weighted by molar-refractivity contribution is 9.10. The van der Waals surface area contributed by atoms with E-state index in [0.29, 0.717) is 29.1 Å². The first-order chi connectivity index (χ1) is 12.5. The molecule has 0 unspecified atom stereocenters. The summed E-state index contributed by atoms with van der Waals surface area (Å²) in [5, 5.41) is 6.33. The smallest absolute Gasteiger partial charge is 0.275 e. The second kappa shape index (κ2) is 6.51. The number of hydrogen-bond donors (Lipinski definition) is 0. The van der Waals surface area contributed by atoms with Crippen LogP contribution >= 0.6 is 27.3 Å². The van der Waals surface area contributed by atoms with Crippen molar-refractivity contribution in [1.29, 1.82) is 0 Å². The first-order valence-electron chi connectivity index (χ1n) is 8.29. The molecular weight excluding hydrogens is 416 g/mol. The van der Waals surface area contributed by atoms with Crippen molar-refractivity contribution in [3.63, 3.8) is 0 Å². The van der Waals surface area contributed by atoms with Crippen molar-refractivity contribution in [3.8, 4) is 0 Å². The monoisotopic (exact) mass is 432 g/mol. The summed E-state index contributed by atoms with van der Waals surface area (Å²) >= 11 is 4.77. The van der Waals surface area contributed by atoms with Gasteiger partial charge < -0.3 is 0 Å². The van der Waals surface area contributed by atoms with Gasteiger partial charge in [0.1, 0.15) is 4.70 Å². The van der Waals surface area contributed by atoms with Gasteiger partial charge in [0.05, 0.1) is 12.1 Å². The predicted molar refractivity (Wildman–Crippen MR) is 107 cm³/mol. The maximum absolute atomic E-state index is 13.0. The molecule has 4 rings (SSSR count). The number of benzene rings is 1. The van der Waals surface area contributed by atoms with E-state index in [-0.39, 0.29) is 17.2 Å². The van der Waals surface area contributed by atoms with Crippen LogP contribution in [0.4, 0.5) is 0 Å². The van der Waals surface area contributed by atoms with E-state index < -0.39 is 0 Å². The number of thiophene rings is 1. The van der Waals surface area contributed by atoms with E-state index in [1.165, 1.54) is 16.0 Å².